The summed E-state index contributed by atoms with van der Waals surface area (Å²) in [4.78, 5) is 4.22. The monoisotopic (exact) mass is 293 g/mol. The van der Waals surface area contributed by atoms with Gasteiger partial charge in [-0.15, -0.1) is 0 Å². The van der Waals surface area contributed by atoms with Crippen LogP contribution in [0.3, 0.4) is 0 Å². The van der Waals surface area contributed by atoms with Crippen LogP contribution in [0.25, 0.3) is 0 Å². The van der Waals surface area contributed by atoms with Crippen molar-refractivity contribution in [2.24, 2.45) is 0 Å². The predicted octanol–water partition coefficient (Wildman–Crippen LogP) is 3.95. The van der Waals surface area contributed by atoms with Crippen molar-refractivity contribution >= 4 is 15.9 Å². The van der Waals surface area contributed by atoms with Crippen LogP contribution in [0.1, 0.15) is 5.56 Å². The molecule has 0 aliphatic rings. The van der Waals surface area contributed by atoms with E-state index in [1.807, 2.05) is 37.3 Å². The molecule has 0 bridgehead atoms. The number of methoxy groups -OCH3 is 1. The molecule has 0 fully saturated rings. The molecule has 0 amide bonds. The smallest absolute Gasteiger partial charge is 0.222 e. The van der Waals surface area contributed by atoms with Crippen LogP contribution in [0.5, 0.6) is 17.4 Å². The van der Waals surface area contributed by atoms with E-state index in [9.17, 15) is 0 Å². The molecule has 0 aliphatic carbocycles. The van der Waals surface area contributed by atoms with E-state index in [1.54, 1.807) is 13.3 Å². The van der Waals surface area contributed by atoms with E-state index in [0.29, 0.717) is 5.88 Å². The molecule has 0 unspecified atom stereocenters. The molecule has 88 valence electrons. The number of benzene rings is 1. The molecule has 1 heterocycles. The van der Waals surface area contributed by atoms with E-state index in [4.69, 9.17) is 9.47 Å². The summed E-state index contributed by atoms with van der Waals surface area (Å²) in [6, 6.07) is 9.36. The van der Waals surface area contributed by atoms with Crippen molar-refractivity contribution in [1.29, 1.82) is 0 Å². The van der Waals surface area contributed by atoms with E-state index >= 15 is 0 Å². The molecular formula is C13H12BrNO2. The second-order valence-electron chi connectivity index (χ2n) is 3.55. The summed E-state index contributed by atoms with van der Waals surface area (Å²) in [5, 5.41) is 0. The normalized spacial score (nSPS) is 10.1. The third kappa shape index (κ3) is 2.97. The molecule has 1 aromatic carbocycles. The van der Waals surface area contributed by atoms with Gasteiger partial charge in [-0.3, -0.25) is 0 Å². The number of hydrogen-bond donors (Lipinski definition) is 0. The van der Waals surface area contributed by atoms with Crippen molar-refractivity contribution in [1.82, 2.24) is 4.98 Å². The standard InChI is InChI=1S/C13H12BrNO2/c1-9-7-10(14)8-15-13(9)17-12-5-3-11(16-2)4-6-12/h3-8H,1-2H3. The molecule has 2 rings (SSSR count). The van der Waals surface area contributed by atoms with Crippen molar-refractivity contribution in [3.8, 4) is 17.4 Å². The summed E-state index contributed by atoms with van der Waals surface area (Å²) >= 11 is 3.37. The Labute approximate surface area is 109 Å². The molecule has 1 aromatic heterocycles. The first kappa shape index (κ1) is 11.9. The number of aryl methyl sites for hydroxylation is 1. The fraction of sp³-hybridized carbons (Fsp3) is 0.154. The van der Waals surface area contributed by atoms with E-state index in [0.717, 1.165) is 21.5 Å². The van der Waals surface area contributed by atoms with Gasteiger partial charge >= 0.3 is 0 Å². The third-order valence-electron chi connectivity index (χ3n) is 2.27. The minimum atomic E-state index is 0.610. The highest BCUT2D eigenvalue weighted by molar-refractivity contribution is 9.10. The van der Waals surface area contributed by atoms with E-state index in [-0.39, 0.29) is 0 Å². The zero-order valence-corrected chi connectivity index (χ0v) is 11.2. The number of hydrogen-bond acceptors (Lipinski definition) is 3. The SMILES string of the molecule is COc1ccc(Oc2ncc(Br)cc2C)cc1. The zero-order valence-electron chi connectivity index (χ0n) is 9.61. The van der Waals surface area contributed by atoms with Crippen molar-refractivity contribution in [3.63, 3.8) is 0 Å². The lowest BCUT2D eigenvalue weighted by Gasteiger charge is -2.08. The van der Waals surface area contributed by atoms with Crippen LogP contribution in [0.4, 0.5) is 0 Å². The lowest BCUT2D eigenvalue weighted by molar-refractivity contribution is 0.412. The summed E-state index contributed by atoms with van der Waals surface area (Å²) in [5.74, 6) is 2.15. The maximum atomic E-state index is 5.68. The summed E-state index contributed by atoms with van der Waals surface area (Å²) in [6.45, 7) is 1.95. The maximum Gasteiger partial charge on any atom is 0.222 e. The van der Waals surface area contributed by atoms with Gasteiger partial charge in [0.2, 0.25) is 5.88 Å². The lowest BCUT2D eigenvalue weighted by Crippen LogP contribution is -1.91. The molecule has 2 aromatic rings. The average Bonchev–Trinajstić information content (AvgIpc) is 2.34. The Balaban J connectivity index is 2.19. The van der Waals surface area contributed by atoms with E-state index in [1.165, 1.54) is 0 Å². The van der Waals surface area contributed by atoms with Gasteiger partial charge in [0, 0.05) is 16.2 Å². The molecule has 0 atom stereocenters. The van der Waals surface area contributed by atoms with E-state index < -0.39 is 0 Å². The summed E-state index contributed by atoms with van der Waals surface area (Å²) < 4.78 is 11.7. The maximum absolute atomic E-state index is 5.68. The number of halogens is 1. The highest BCUT2D eigenvalue weighted by atomic mass is 79.9. The lowest BCUT2D eigenvalue weighted by atomic mass is 10.3. The van der Waals surface area contributed by atoms with Crippen LogP contribution in [-0.2, 0) is 0 Å². The van der Waals surface area contributed by atoms with Gasteiger partial charge in [0.25, 0.3) is 0 Å². The molecule has 0 aliphatic heterocycles. The zero-order chi connectivity index (χ0) is 12.3. The fourth-order valence-electron chi connectivity index (χ4n) is 1.39. The number of pyridine rings is 1. The molecule has 4 heteroatoms. The second-order valence-corrected chi connectivity index (χ2v) is 4.47. The molecule has 3 nitrogen and oxygen atoms in total. The minimum absolute atomic E-state index is 0.610. The van der Waals surface area contributed by atoms with Gasteiger partial charge in [-0.2, -0.15) is 0 Å². The first-order chi connectivity index (χ1) is 8.19. The topological polar surface area (TPSA) is 31.4 Å². The Morgan fingerprint density at radius 2 is 1.76 bits per heavy atom. The van der Waals surface area contributed by atoms with Gasteiger partial charge in [-0.1, -0.05) is 0 Å². The van der Waals surface area contributed by atoms with Gasteiger partial charge in [0.1, 0.15) is 11.5 Å². The second kappa shape index (κ2) is 5.19. The Bertz CT molecular complexity index is 511. The summed E-state index contributed by atoms with van der Waals surface area (Å²) in [5.41, 5.74) is 0.982. The predicted molar refractivity (Wildman–Crippen MR) is 69.7 cm³/mol. The number of rotatable bonds is 3. The first-order valence-corrected chi connectivity index (χ1v) is 5.92. The van der Waals surface area contributed by atoms with Crippen LogP contribution in [-0.4, -0.2) is 12.1 Å². The van der Waals surface area contributed by atoms with Crippen LogP contribution in [0.15, 0.2) is 41.0 Å². The fourth-order valence-corrected chi connectivity index (χ4v) is 1.84. The first-order valence-electron chi connectivity index (χ1n) is 5.13. The van der Waals surface area contributed by atoms with Gasteiger partial charge in [0.05, 0.1) is 7.11 Å². The van der Waals surface area contributed by atoms with Crippen molar-refractivity contribution in [2.45, 2.75) is 6.92 Å². The Morgan fingerprint density at radius 3 is 2.35 bits per heavy atom. The van der Waals surface area contributed by atoms with Crippen LogP contribution in [0, 0.1) is 6.92 Å². The van der Waals surface area contributed by atoms with Gasteiger partial charge in [-0.25, -0.2) is 4.98 Å². The number of ether oxygens (including phenoxy) is 2. The van der Waals surface area contributed by atoms with Gasteiger partial charge < -0.3 is 9.47 Å². The average molecular weight is 294 g/mol. The third-order valence-corrected chi connectivity index (χ3v) is 2.70. The molecule has 0 saturated heterocycles. The van der Waals surface area contributed by atoms with Crippen LogP contribution >= 0.6 is 15.9 Å². The molecular weight excluding hydrogens is 282 g/mol. The largest absolute Gasteiger partial charge is 0.497 e. The van der Waals surface area contributed by atoms with Crippen molar-refractivity contribution < 1.29 is 9.47 Å². The van der Waals surface area contributed by atoms with Gasteiger partial charge in [0.15, 0.2) is 0 Å². The number of nitrogens with zero attached hydrogens (tertiary/aromatic N) is 1. The summed E-state index contributed by atoms with van der Waals surface area (Å²) in [7, 11) is 1.64. The Morgan fingerprint density at radius 1 is 1.12 bits per heavy atom. The quantitative estimate of drug-likeness (QED) is 0.858. The van der Waals surface area contributed by atoms with Crippen molar-refractivity contribution in [3.05, 3.63) is 46.6 Å². The Hall–Kier alpha value is -1.55. The molecule has 17 heavy (non-hydrogen) atoms. The van der Waals surface area contributed by atoms with Crippen LogP contribution < -0.4 is 9.47 Å². The highest BCUT2D eigenvalue weighted by Gasteiger charge is 2.03. The van der Waals surface area contributed by atoms with E-state index in [2.05, 4.69) is 20.9 Å². The molecule has 0 N–H and O–H groups in total. The molecule has 0 radical (unpaired) electrons. The van der Waals surface area contributed by atoms with Crippen LogP contribution in [0.2, 0.25) is 0 Å². The van der Waals surface area contributed by atoms with Crippen molar-refractivity contribution in [2.75, 3.05) is 7.11 Å². The summed E-state index contributed by atoms with van der Waals surface area (Å²) in [6.07, 6.45) is 1.71. The Kier molecular flexibility index (Phi) is 3.64. The van der Waals surface area contributed by atoms with Gasteiger partial charge in [-0.05, 0) is 53.2 Å². The minimum Gasteiger partial charge on any atom is -0.497 e. The molecule has 0 saturated carbocycles. The highest BCUT2D eigenvalue weighted by Crippen LogP contribution is 2.26. The number of aromatic nitrogens is 1. The molecule has 0 spiro atoms.